The second kappa shape index (κ2) is 5.08. The van der Waals surface area contributed by atoms with E-state index >= 15 is 0 Å². The van der Waals surface area contributed by atoms with Crippen molar-refractivity contribution in [2.45, 2.75) is 57.5 Å². The van der Waals surface area contributed by atoms with Crippen molar-refractivity contribution in [2.75, 3.05) is 0 Å². The third kappa shape index (κ3) is 1.89. The SMILES string of the molecule is C#CC1(O)C=C[C@@H]2[C@@H]3CCC4=CC(=O)CC[C@@H]4[C@@H]3CC[C@@]21CC. The molecule has 0 heterocycles. The van der Waals surface area contributed by atoms with Crippen molar-refractivity contribution in [3.8, 4) is 12.3 Å². The van der Waals surface area contributed by atoms with E-state index < -0.39 is 5.60 Å². The zero-order chi connectivity index (χ0) is 16.2. The number of terminal acetylenes is 1. The Bertz CT molecular complexity index is 637. The minimum absolute atomic E-state index is 0.172. The minimum atomic E-state index is -1.07. The molecule has 23 heavy (non-hydrogen) atoms. The van der Waals surface area contributed by atoms with Gasteiger partial charge in [-0.05, 0) is 74.3 Å². The highest BCUT2D eigenvalue weighted by Crippen LogP contribution is 2.63. The summed E-state index contributed by atoms with van der Waals surface area (Å²) in [5, 5.41) is 11.0. The molecule has 0 aromatic rings. The van der Waals surface area contributed by atoms with Gasteiger partial charge in [-0.1, -0.05) is 24.5 Å². The third-order valence-corrected chi connectivity index (χ3v) is 7.54. The molecule has 6 atom stereocenters. The van der Waals surface area contributed by atoms with Gasteiger partial charge < -0.3 is 5.11 Å². The Kier molecular flexibility index (Phi) is 3.36. The van der Waals surface area contributed by atoms with Crippen LogP contribution in [0.2, 0.25) is 0 Å². The lowest BCUT2D eigenvalue weighted by Gasteiger charge is -2.55. The number of carbonyl (C=O) groups excluding carboxylic acids is 1. The van der Waals surface area contributed by atoms with Crippen LogP contribution in [-0.2, 0) is 4.79 Å². The van der Waals surface area contributed by atoms with Crippen LogP contribution in [0.5, 0.6) is 0 Å². The second-order valence-electron chi connectivity index (χ2n) is 8.04. The van der Waals surface area contributed by atoms with Gasteiger partial charge in [0.15, 0.2) is 5.78 Å². The van der Waals surface area contributed by atoms with Crippen LogP contribution in [0.1, 0.15) is 51.9 Å². The average Bonchev–Trinajstić information content (AvgIpc) is 2.88. The highest BCUT2D eigenvalue weighted by molar-refractivity contribution is 5.91. The largest absolute Gasteiger partial charge is 0.373 e. The first-order valence-electron chi connectivity index (χ1n) is 9.17. The minimum Gasteiger partial charge on any atom is -0.373 e. The fraction of sp³-hybridized carbons (Fsp3) is 0.667. The predicted octanol–water partition coefficient (Wildman–Crippen LogP) is 3.66. The van der Waals surface area contributed by atoms with Gasteiger partial charge in [0.05, 0.1) is 0 Å². The van der Waals surface area contributed by atoms with Crippen molar-refractivity contribution >= 4 is 5.78 Å². The number of hydrogen-bond acceptors (Lipinski definition) is 2. The second-order valence-corrected chi connectivity index (χ2v) is 8.04. The molecular weight excluding hydrogens is 284 g/mol. The molecule has 0 spiro atoms. The van der Waals surface area contributed by atoms with E-state index in [4.69, 9.17) is 6.42 Å². The van der Waals surface area contributed by atoms with Gasteiger partial charge in [-0.2, -0.15) is 0 Å². The number of rotatable bonds is 1. The molecule has 0 aromatic heterocycles. The first-order valence-corrected chi connectivity index (χ1v) is 9.17. The quantitative estimate of drug-likeness (QED) is 0.593. The molecule has 0 aromatic carbocycles. The van der Waals surface area contributed by atoms with Gasteiger partial charge in [-0.25, -0.2) is 0 Å². The lowest BCUT2D eigenvalue weighted by molar-refractivity contribution is -0.116. The van der Waals surface area contributed by atoms with Crippen LogP contribution >= 0.6 is 0 Å². The zero-order valence-electron chi connectivity index (χ0n) is 13.9. The Labute approximate surface area is 139 Å². The molecule has 1 N–H and O–H groups in total. The van der Waals surface area contributed by atoms with Gasteiger partial charge in [0.1, 0.15) is 5.60 Å². The van der Waals surface area contributed by atoms with E-state index in [1.165, 1.54) is 5.57 Å². The topological polar surface area (TPSA) is 37.3 Å². The summed E-state index contributed by atoms with van der Waals surface area (Å²) in [7, 11) is 0. The van der Waals surface area contributed by atoms with Crippen molar-refractivity contribution in [1.29, 1.82) is 0 Å². The summed E-state index contributed by atoms with van der Waals surface area (Å²) >= 11 is 0. The number of allylic oxidation sites excluding steroid dienone is 3. The zero-order valence-corrected chi connectivity index (χ0v) is 13.9. The first-order chi connectivity index (χ1) is 11.0. The summed E-state index contributed by atoms with van der Waals surface area (Å²) in [4.78, 5) is 11.7. The monoisotopic (exact) mass is 310 g/mol. The van der Waals surface area contributed by atoms with Crippen LogP contribution in [0.4, 0.5) is 0 Å². The lowest BCUT2D eigenvalue weighted by atomic mass is 9.49. The maximum atomic E-state index is 11.7. The Morgan fingerprint density at radius 2 is 2.13 bits per heavy atom. The molecule has 2 nitrogen and oxygen atoms in total. The molecule has 0 amide bonds. The Morgan fingerprint density at radius 3 is 2.87 bits per heavy atom. The molecule has 0 aliphatic heterocycles. The maximum Gasteiger partial charge on any atom is 0.155 e. The molecule has 2 fully saturated rings. The van der Waals surface area contributed by atoms with Gasteiger partial charge in [0.2, 0.25) is 0 Å². The number of fused-ring (bicyclic) bond motifs is 5. The number of carbonyl (C=O) groups is 1. The van der Waals surface area contributed by atoms with E-state index in [1.807, 2.05) is 12.2 Å². The normalized spacial score (nSPS) is 48.0. The van der Waals surface area contributed by atoms with Crippen molar-refractivity contribution in [1.82, 2.24) is 0 Å². The molecule has 0 saturated heterocycles. The summed E-state index contributed by atoms with van der Waals surface area (Å²) < 4.78 is 0. The van der Waals surface area contributed by atoms with Crippen molar-refractivity contribution in [2.24, 2.45) is 29.1 Å². The molecule has 2 saturated carbocycles. The Morgan fingerprint density at radius 1 is 1.30 bits per heavy atom. The van der Waals surface area contributed by atoms with E-state index in [0.717, 1.165) is 38.5 Å². The lowest BCUT2D eigenvalue weighted by Crippen LogP contribution is -2.54. The van der Waals surface area contributed by atoms with Crippen LogP contribution in [0, 0.1) is 41.4 Å². The molecule has 4 rings (SSSR count). The van der Waals surface area contributed by atoms with Gasteiger partial charge in [-0.3, -0.25) is 4.79 Å². The molecule has 0 bridgehead atoms. The number of aliphatic hydroxyl groups is 1. The van der Waals surface area contributed by atoms with Gasteiger partial charge in [0, 0.05) is 11.8 Å². The van der Waals surface area contributed by atoms with E-state index in [2.05, 4.69) is 18.9 Å². The van der Waals surface area contributed by atoms with E-state index in [0.29, 0.717) is 35.9 Å². The highest BCUT2D eigenvalue weighted by atomic mass is 16.3. The number of hydrogen-bond donors (Lipinski definition) is 1. The average molecular weight is 310 g/mol. The van der Waals surface area contributed by atoms with E-state index in [1.54, 1.807) is 0 Å². The number of ketones is 1. The van der Waals surface area contributed by atoms with Crippen LogP contribution in [-0.4, -0.2) is 16.5 Å². The summed E-state index contributed by atoms with van der Waals surface area (Å²) in [6.45, 7) is 2.18. The maximum absolute atomic E-state index is 11.7. The highest BCUT2D eigenvalue weighted by Gasteiger charge is 2.61. The van der Waals surface area contributed by atoms with Crippen LogP contribution in [0.3, 0.4) is 0 Å². The summed E-state index contributed by atoms with van der Waals surface area (Å²) in [5.41, 5.74) is 0.158. The van der Waals surface area contributed by atoms with Crippen molar-refractivity contribution in [3.05, 3.63) is 23.8 Å². The third-order valence-electron chi connectivity index (χ3n) is 7.54. The Balaban J connectivity index is 1.69. The molecule has 1 unspecified atom stereocenters. The summed E-state index contributed by atoms with van der Waals surface area (Å²) in [5.74, 6) is 5.28. The van der Waals surface area contributed by atoms with Gasteiger partial charge in [0.25, 0.3) is 0 Å². The van der Waals surface area contributed by atoms with Crippen LogP contribution in [0.15, 0.2) is 23.8 Å². The van der Waals surface area contributed by atoms with E-state index in [-0.39, 0.29) is 5.41 Å². The molecule has 0 radical (unpaired) electrons. The summed E-state index contributed by atoms with van der Waals surface area (Å²) in [6, 6.07) is 0. The van der Waals surface area contributed by atoms with Crippen molar-refractivity contribution in [3.63, 3.8) is 0 Å². The fourth-order valence-electron chi connectivity index (χ4n) is 6.38. The van der Waals surface area contributed by atoms with Crippen LogP contribution < -0.4 is 0 Å². The Hall–Kier alpha value is -1.33. The first kappa shape index (κ1) is 15.2. The van der Waals surface area contributed by atoms with Crippen LogP contribution in [0.25, 0.3) is 0 Å². The van der Waals surface area contributed by atoms with Crippen molar-refractivity contribution < 1.29 is 9.90 Å². The predicted molar refractivity (Wildman–Crippen MR) is 90.4 cm³/mol. The van der Waals surface area contributed by atoms with E-state index in [9.17, 15) is 9.90 Å². The summed E-state index contributed by atoms with van der Waals surface area (Å²) in [6.07, 6.45) is 18.8. The standard InChI is InChI=1S/C21H26O2/c1-3-20-11-9-17-16-8-6-15(22)13-14(16)5-7-18(17)19(20)10-12-21(20,23)4-2/h2,10,12-13,16-19,23H,3,5-9,11H2,1H3/t16-,17-,18+,19+,20-,21?/m0/s1. The molecule has 4 aliphatic carbocycles. The molecule has 122 valence electrons. The molecular formula is C21H26O2. The smallest absolute Gasteiger partial charge is 0.155 e. The fourth-order valence-corrected chi connectivity index (χ4v) is 6.38. The van der Waals surface area contributed by atoms with Gasteiger partial charge >= 0.3 is 0 Å². The van der Waals surface area contributed by atoms with Gasteiger partial charge in [-0.15, -0.1) is 6.42 Å². The molecule has 4 aliphatic rings. The molecule has 2 heteroatoms.